The van der Waals surface area contributed by atoms with Crippen LogP contribution in [0.3, 0.4) is 0 Å². The number of nitrogens with one attached hydrogen (secondary N) is 1. The maximum absolute atomic E-state index is 11.9. The molecule has 0 saturated carbocycles. The summed E-state index contributed by atoms with van der Waals surface area (Å²) in [4.78, 5) is 25.0. The van der Waals surface area contributed by atoms with Gasteiger partial charge in [0.05, 0.1) is 11.4 Å². The van der Waals surface area contributed by atoms with E-state index < -0.39 is 0 Å². The van der Waals surface area contributed by atoms with E-state index in [0.29, 0.717) is 23.7 Å². The van der Waals surface area contributed by atoms with Crippen molar-refractivity contribution in [3.63, 3.8) is 0 Å². The second-order valence-corrected chi connectivity index (χ2v) is 5.13. The molecule has 1 aliphatic heterocycles. The molecule has 2 amide bonds. The van der Waals surface area contributed by atoms with Gasteiger partial charge < -0.3 is 15.0 Å². The summed E-state index contributed by atoms with van der Waals surface area (Å²) < 4.78 is 5.76. The van der Waals surface area contributed by atoms with E-state index in [1.54, 1.807) is 25.2 Å². The Kier molecular flexibility index (Phi) is 3.78. The van der Waals surface area contributed by atoms with Crippen molar-refractivity contribution in [1.29, 1.82) is 0 Å². The van der Waals surface area contributed by atoms with Crippen LogP contribution in [0.4, 0.5) is 11.4 Å². The van der Waals surface area contributed by atoms with Gasteiger partial charge in [0.25, 0.3) is 0 Å². The van der Waals surface area contributed by atoms with Crippen LogP contribution in [-0.4, -0.2) is 18.9 Å². The molecule has 1 N–H and O–H groups in total. The van der Waals surface area contributed by atoms with E-state index >= 15 is 0 Å². The van der Waals surface area contributed by atoms with E-state index in [-0.39, 0.29) is 18.2 Å². The van der Waals surface area contributed by atoms with E-state index in [0.717, 1.165) is 5.56 Å². The molecular formula is C17H16N2O3. The minimum atomic E-state index is -0.298. The molecule has 5 heteroatoms. The maximum Gasteiger partial charge on any atom is 0.236 e. The average molecular weight is 296 g/mol. The fourth-order valence-electron chi connectivity index (χ4n) is 2.31. The number of carbonyl (C=O) groups is 2. The van der Waals surface area contributed by atoms with Gasteiger partial charge in [-0.05, 0) is 17.7 Å². The lowest BCUT2D eigenvalue weighted by Crippen LogP contribution is -2.26. The van der Waals surface area contributed by atoms with Crippen molar-refractivity contribution in [2.75, 3.05) is 17.3 Å². The Morgan fingerprint density at radius 1 is 1.14 bits per heavy atom. The Morgan fingerprint density at radius 3 is 2.68 bits per heavy atom. The number of anilines is 2. The standard InChI is InChI=1S/C17H16N2O3/c1-19-15-9-13(22-11-12-5-3-2-4-6-12)7-8-14(15)18-16(20)10-17(19)21/h2-9H,10-11H2,1H3,(H,18,20). The molecular weight excluding hydrogens is 280 g/mol. The first-order chi connectivity index (χ1) is 10.6. The van der Waals surface area contributed by atoms with E-state index in [4.69, 9.17) is 4.74 Å². The molecule has 0 aromatic heterocycles. The minimum absolute atomic E-state index is 0.147. The highest BCUT2D eigenvalue weighted by Gasteiger charge is 2.23. The van der Waals surface area contributed by atoms with Crippen molar-refractivity contribution in [2.45, 2.75) is 13.0 Å². The molecule has 0 radical (unpaired) electrons. The van der Waals surface area contributed by atoms with Crippen LogP contribution in [0.1, 0.15) is 12.0 Å². The molecule has 3 rings (SSSR count). The van der Waals surface area contributed by atoms with Gasteiger partial charge >= 0.3 is 0 Å². The molecule has 0 bridgehead atoms. The number of hydrogen-bond acceptors (Lipinski definition) is 3. The number of nitrogens with zero attached hydrogens (tertiary/aromatic N) is 1. The fraction of sp³-hybridized carbons (Fsp3) is 0.176. The largest absolute Gasteiger partial charge is 0.489 e. The Bertz CT molecular complexity index is 713. The summed E-state index contributed by atoms with van der Waals surface area (Å²) in [6.07, 6.45) is -0.147. The van der Waals surface area contributed by atoms with Crippen molar-refractivity contribution in [3.8, 4) is 5.75 Å². The first-order valence-corrected chi connectivity index (χ1v) is 7.00. The van der Waals surface area contributed by atoms with Gasteiger partial charge in [0, 0.05) is 13.1 Å². The monoisotopic (exact) mass is 296 g/mol. The van der Waals surface area contributed by atoms with Crippen LogP contribution in [0.15, 0.2) is 48.5 Å². The molecule has 0 saturated heterocycles. The Hall–Kier alpha value is -2.82. The van der Waals surface area contributed by atoms with E-state index in [1.165, 1.54) is 4.90 Å². The molecule has 1 aliphatic rings. The van der Waals surface area contributed by atoms with Crippen LogP contribution < -0.4 is 15.0 Å². The highest BCUT2D eigenvalue weighted by atomic mass is 16.5. The molecule has 112 valence electrons. The summed E-state index contributed by atoms with van der Waals surface area (Å²) in [5.74, 6) is 0.114. The second kappa shape index (κ2) is 5.89. The van der Waals surface area contributed by atoms with E-state index in [2.05, 4.69) is 5.32 Å². The number of rotatable bonds is 3. The maximum atomic E-state index is 11.9. The Balaban J connectivity index is 1.82. The first-order valence-electron chi connectivity index (χ1n) is 7.00. The first kappa shape index (κ1) is 14.1. The number of ether oxygens (including phenoxy) is 1. The highest BCUT2D eigenvalue weighted by molar-refractivity contribution is 6.14. The average Bonchev–Trinajstić information content (AvgIpc) is 2.63. The Labute approximate surface area is 128 Å². The number of carbonyl (C=O) groups excluding carboxylic acids is 2. The van der Waals surface area contributed by atoms with Gasteiger partial charge in [-0.25, -0.2) is 0 Å². The fourth-order valence-corrected chi connectivity index (χ4v) is 2.31. The van der Waals surface area contributed by atoms with Crippen LogP contribution >= 0.6 is 0 Å². The van der Waals surface area contributed by atoms with Crippen LogP contribution in [0, 0.1) is 0 Å². The van der Waals surface area contributed by atoms with E-state index in [1.807, 2.05) is 30.3 Å². The van der Waals surface area contributed by atoms with E-state index in [9.17, 15) is 9.59 Å². The molecule has 0 atom stereocenters. The number of hydrogen-bond donors (Lipinski definition) is 1. The normalized spacial score (nSPS) is 14.1. The predicted octanol–water partition coefficient (Wildman–Crippen LogP) is 2.57. The molecule has 0 fully saturated rings. The highest BCUT2D eigenvalue weighted by Crippen LogP contribution is 2.32. The molecule has 0 unspecified atom stereocenters. The molecule has 1 heterocycles. The smallest absolute Gasteiger partial charge is 0.236 e. The SMILES string of the molecule is CN1C(=O)CC(=O)Nc2ccc(OCc3ccccc3)cc21. The molecule has 22 heavy (non-hydrogen) atoms. The summed E-state index contributed by atoms with van der Waals surface area (Å²) in [5.41, 5.74) is 2.32. The molecule has 5 nitrogen and oxygen atoms in total. The van der Waals surface area contributed by atoms with Gasteiger partial charge in [0.1, 0.15) is 18.8 Å². The number of benzene rings is 2. The van der Waals surface area contributed by atoms with Gasteiger partial charge in [-0.3, -0.25) is 9.59 Å². The van der Waals surface area contributed by atoms with Crippen LogP contribution in [-0.2, 0) is 16.2 Å². The van der Waals surface area contributed by atoms with Gasteiger partial charge in [0.15, 0.2) is 0 Å². The second-order valence-electron chi connectivity index (χ2n) is 5.13. The third-order valence-electron chi connectivity index (χ3n) is 3.54. The quantitative estimate of drug-likeness (QED) is 0.886. The summed E-state index contributed by atoms with van der Waals surface area (Å²) in [7, 11) is 1.66. The van der Waals surface area contributed by atoms with Gasteiger partial charge in [-0.15, -0.1) is 0 Å². The summed E-state index contributed by atoms with van der Waals surface area (Å²) in [6.45, 7) is 0.448. The molecule has 0 aliphatic carbocycles. The lowest BCUT2D eigenvalue weighted by atomic mass is 10.2. The molecule has 2 aromatic carbocycles. The Morgan fingerprint density at radius 2 is 1.91 bits per heavy atom. The van der Waals surface area contributed by atoms with Crippen molar-refractivity contribution in [1.82, 2.24) is 0 Å². The third kappa shape index (κ3) is 2.93. The van der Waals surface area contributed by atoms with Gasteiger partial charge in [-0.1, -0.05) is 30.3 Å². The van der Waals surface area contributed by atoms with Crippen molar-refractivity contribution in [2.24, 2.45) is 0 Å². The van der Waals surface area contributed by atoms with Crippen molar-refractivity contribution in [3.05, 3.63) is 54.1 Å². The summed E-state index contributed by atoms with van der Waals surface area (Å²) in [5, 5.41) is 2.73. The van der Waals surface area contributed by atoms with Gasteiger partial charge in [-0.2, -0.15) is 0 Å². The van der Waals surface area contributed by atoms with Crippen LogP contribution in [0.25, 0.3) is 0 Å². The molecule has 0 spiro atoms. The third-order valence-corrected chi connectivity index (χ3v) is 3.54. The topological polar surface area (TPSA) is 58.6 Å². The van der Waals surface area contributed by atoms with Crippen LogP contribution in [0.2, 0.25) is 0 Å². The van der Waals surface area contributed by atoms with Crippen molar-refractivity contribution < 1.29 is 14.3 Å². The number of amides is 2. The zero-order valence-corrected chi connectivity index (χ0v) is 12.2. The number of fused-ring (bicyclic) bond motifs is 1. The van der Waals surface area contributed by atoms with Crippen molar-refractivity contribution >= 4 is 23.2 Å². The van der Waals surface area contributed by atoms with Crippen LogP contribution in [0.5, 0.6) is 5.75 Å². The van der Waals surface area contributed by atoms with Gasteiger partial charge in [0.2, 0.25) is 11.8 Å². The minimum Gasteiger partial charge on any atom is -0.489 e. The summed E-state index contributed by atoms with van der Waals surface area (Å²) in [6, 6.07) is 15.1. The zero-order valence-electron chi connectivity index (χ0n) is 12.2. The summed E-state index contributed by atoms with van der Waals surface area (Å²) >= 11 is 0. The predicted molar refractivity (Wildman–Crippen MR) is 83.9 cm³/mol. The lowest BCUT2D eigenvalue weighted by molar-refractivity contribution is -0.124. The zero-order chi connectivity index (χ0) is 15.5. The lowest BCUT2D eigenvalue weighted by Gasteiger charge is -2.18. The molecule has 2 aromatic rings.